The molecule has 3 N–H and O–H groups in total. The highest BCUT2D eigenvalue weighted by Gasteiger charge is 2.45. The van der Waals surface area contributed by atoms with Crippen LogP contribution in [0.3, 0.4) is 0 Å². The van der Waals surface area contributed by atoms with E-state index in [1.807, 2.05) is 17.0 Å². The number of carbonyl (C=O) groups excluding carboxylic acids is 2. The van der Waals surface area contributed by atoms with Gasteiger partial charge < -0.3 is 20.4 Å². The van der Waals surface area contributed by atoms with Gasteiger partial charge in [0.05, 0.1) is 24.6 Å². The monoisotopic (exact) mass is 486 g/mol. The van der Waals surface area contributed by atoms with Gasteiger partial charge in [-0.1, -0.05) is 6.07 Å². The molecule has 4 aromatic rings. The summed E-state index contributed by atoms with van der Waals surface area (Å²) in [5, 5.41) is 4.45. The third-order valence-electron chi connectivity index (χ3n) is 7.38. The van der Waals surface area contributed by atoms with Crippen LogP contribution >= 0.6 is 0 Å². The summed E-state index contributed by atoms with van der Waals surface area (Å²) in [6, 6.07) is 3.94. The van der Waals surface area contributed by atoms with Gasteiger partial charge in [-0.2, -0.15) is 9.61 Å². The molecule has 3 atom stereocenters. The van der Waals surface area contributed by atoms with Crippen LogP contribution in [-0.4, -0.2) is 65.5 Å². The van der Waals surface area contributed by atoms with Gasteiger partial charge in [0.2, 0.25) is 0 Å². The van der Waals surface area contributed by atoms with E-state index in [2.05, 4.69) is 20.1 Å². The number of aromatic amines is 1. The molecule has 184 valence electrons. The number of fused-ring (bicyclic) bond motifs is 3. The molecule has 11 heteroatoms. The van der Waals surface area contributed by atoms with Crippen molar-refractivity contribution in [3.63, 3.8) is 0 Å². The van der Waals surface area contributed by atoms with Gasteiger partial charge in [-0.05, 0) is 38.7 Å². The zero-order valence-electron chi connectivity index (χ0n) is 20.0. The number of nitrogens with two attached hydrogens (primary N) is 1. The van der Waals surface area contributed by atoms with Gasteiger partial charge in [0, 0.05) is 47.7 Å². The van der Waals surface area contributed by atoms with Crippen LogP contribution in [0.15, 0.2) is 36.9 Å². The molecule has 11 nitrogen and oxygen atoms in total. The lowest BCUT2D eigenvalue weighted by Crippen LogP contribution is -2.46. The maximum absolute atomic E-state index is 12.7. The summed E-state index contributed by atoms with van der Waals surface area (Å²) in [7, 11) is 1.41. The summed E-state index contributed by atoms with van der Waals surface area (Å²) in [6.45, 7) is 1.50. The fourth-order valence-electron chi connectivity index (χ4n) is 5.80. The number of aromatic nitrogens is 6. The second-order valence-corrected chi connectivity index (χ2v) is 9.41. The molecule has 0 radical (unpaired) electrons. The van der Waals surface area contributed by atoms with Crippen LogP contribution in [0.4, 0.5) is 10.6 Å². The summed E-state index contributed by atoms with van der Waals surface area (Å²) in [5.74, 6) is 0.805. The van der Waals surface area contributed by atoms with Crippen LogP contribution in [0.2, 0.25) is 0 Å². The minimum atomic E-state index is -0.292. The van der Waals surface area contributed by atoms with Crippen LogP contribution in [0.5, 0.6) is 0 Å². The number of carbonyl (C=O) groups is 2. The van der Waals surface area contributed by atoms with Gasteiger partial charge in [-0.15, -0.1) is 0 Å². The highest BCUT2D eigenvalue weighted by Crippen LogP contribution is 2.44. The Balaban J connectivity index is 1.42. The number of Topliss-reactive ketones (excluding diaryl/α,β-unsaturated/α-hetero) is 1. The second kappa shape index (κ2) is 8.43. The topological polar surface area (TPSA) is 144 Å². The molecule has 0 aromatic carbocycles. The number of anilines is 1. The number of ether oxygens (including phenoxy) is 1. The molecule has 0 aliphatic carbocycles. The SMILES string of the molecule is COC(=O)N1C2CC[C@H]1C[C@@H](c1nc3c(-c4ccc(-c5ncc[nH]5)nc4)cnn3c(N)c1C(C)=O)C2. The lowest BCUT2D eigenvalue weighted by Gasteiger charge is -2.38. The summed E-state index contributed by atoms with van der Waals surface area (Å²) in [6.07, 6.45) is 9.82. The third kappa shape index (κ3) is 3.42. The van der Waals surface area contributed by atoms with Crippen molar-refractivity contribution in [1.29, 1.82) is 0 Å². The Morgan fingerprint density at radius 1 is 1.14 bits per heavy atom. The minimum absolute atomic E-state index is 0.00295. The van der Waals surface area contributed by atoms with Gasteiger partial charge >= 0.3 is 6.09 Å². The van der Waals surface area contributed by atoms with Crippen LogP contribution in [0, 0.1) is 0 Å². The summed E-state index contributed by atoms with van der Waals surface area (Å²) >= 11 is 0. The Morgan fingerprint density at radius 3 is 2.53 bits per heavy atom. The Kier molecular flexibility index (Phi) is 5.20. The Labute approximate surface area is 206 Å². The number of imidazole rings is 1. The normalized spacial score (nSPS) is 21.2. The molecular weight excluding hydrogens is 460 g/mol. The number of rotatable bonds is 4. The van der Waals surface area contributed by atoms with Crippen LogP contribution in [0.1, 0.15) is 54.6 Å². The maximum Gasteiger partial charge on any atom is 0.409 e. The second-order valence-electron chi connectivity index (χ2n) is 9.41. The Bertz CT molecular complexity index is 1450. The first kappa shape index (κ1) is 22.2. The number of methoxy groups -OCH3 is 1. The molecular formula is C25H26N8O3. The van der Waals surface area contributed by atoms with Crippen molar-refractivity contribution in [3.8, 4) is 22.6 Å². The average Bonchev–Trinajstić information content (AvgIpc) is 3.62. The molecule has 0 spiro atoms. The molecule has 2 saturated heterocycles. The van der Waals surface area contributed by atoms with Gasteiger partial charge in [0.15, 0.2) is 17.3 Å². The van der Waals surface area contributed by atoms with Crippen molar-refractivity contribution in [2.75, 3.05) is 12.8 Å². The van der Waals surface area contributed by atoms with Crippen molar-refractivity contribution >= 4 is 23.3 Å². The number of hydrogen-bond donors (Lipinski definition) is 2. The number of nitrogens with one attached hydrogen (secondary N) is 1. The highest BCUT2D eigenvalue weighted by molar-refractivity contribution is 6.00. The highest BCUT2D eigenvalue weighted by atomic mass is 16.5. The van der Waals surface area contributed by atoms with Crippen LogP contribution in [0.25, 0.3) is 28.3 Å². The molecule has 2 fully saturated rings. The molecule has 4 aromatic heterocycles. The minimum Gasteiger partial charge on any atom is -0.453 e. The maximum atomic E-state index is 12.7. The Morgan fingerprint density at radius 2 is 1.92 bits per heavy atom. The Hall–Kier alpha value is -4.28. The van der Waals surface area contributed by atoms with E-state index in [-0.39, 0.29) is 35.7 Å². The molecule has 2 aliphatic rings. The fourth-order valence-corrected chi connectivity index (χ4v) is 5.80. The standard InChI is InChI=1S/C25H26N8O3/c1-13(34)20-21(15-9-16-4-5-17(10-15)32(16)25(35)36-2)31-24-18(12-30-33(24)22(20)26)14-3-6-19(29-11-14)23-27-7-8-28-23/h3,6-8,11-12,15-17H,4-5,9-10,26H2,1-2H3,(H,27,28)/t15-,16+,17?/m1/s1. The summed E-state index contributed by atoms with van der Waals surface area (Å²) < 4.78 is 6.53. The molecule has 1 amide bonds. The first-order valence-corrected chi connectivity index (χ1v) is 12.0. The number of pyridine rings is 1. The number of H-pyrrole nitrogens is 1. The predicted molar refractivity (Wildman–Crippen MR) is 131 cm³/mol. The van der Waals surface area contributed by atoms with Crippen LogP contribution < -0.4 is 5.73 Å². The number of nitrogen functional groups attached to an aromatic ring is 1. The summed E-state index contributed by atoms with van der Waals surface area (Å²) in [4.78, 5) is 43.7. The van der Waals surface area contributed by atoms with Gasteiger partial charge in [-0.25, -0.2) is 14.8 Å². The number of hydrogen-bond acceptors (Lipinski definition) is 8. The van der Waals surface area contributed by atoms with Gasteiger partial charge in [0.25, 0.3) is 0 Å². The first-order valence-electron chi connectivity index (χ1n) is 12.0. The lowest BCUT2D eigenvalue weighted by molar-refractivity contribution is 0.0800. The average molecular weight is 487 g/mol. The lowest BCUT2D eigenvalue weighted by atomic mass is 9.85. The molecule has 6 rings (SSSR count). The molecule has 2 aliphatic heterocycles. The molecule has 36 heavy (non-hydrogen) atoms. The van der Waals surface area contributed by atoms with Crippen molar-refractivity contribution in [1.82, 2.24) is 34.4 Å². The van der Waals surface area contributed by atoms with E-state index < -0.39 is 0 Å². The smallest absolute Gasteiger partial charge is 0.409 e. The van der Waals surface area contributed by atoms with E-state index in [0.717, 1.165) is 29.7 Å². The zero-order chi connectivity index (χ0) is 25.0. The van der Waals surface area contributed by atoms with Gasteiger partial charge in [-0.3, -0.25) is 9.78 Å². The quantitative estimate of drug-likeness (QED) is 0.417. The van der Waals surface area contributed by atoms with Gasteiger partial charge in [0.1, 0.15) is 11.5 Å². The fraction of sp³-hybridized carbons (Fsp3) is 0.360. The van der Waals surface area contributed by atoms with E-state index in [1.54, 1.807) is 24.8 Å². The number of amides is 1. The predicted octanol–water partition coefficient (Wildman–Crippen LogP) is 3.44. The van der Waals surface area contributed by atoms with E-state index >= 15 is 0 Å². The van der Waals surface area contributed by atoms with Crippen LogP contribution in [-0.2, 0) is 4.74 Å². The number of piperidine rings is 1. The van der Waals surface area contributed by atoms with Crippen molar-refractivity contribution in [2.24, 2.45) is 0 Å². The van der Waals surface area contributed by atoms with E-state index in [4.69, 9.17) is 15.5 Å². The van der Waals surface area contributed by atoms with Crippen molar-refractivity contribution < 1.29 is 14.3 Å². The van der Waals surface area contributed by atoms with Crippen molar-refractivity contribution in [3.05, 3.63) is 48.2 Å². The van der Waals surface area contributed by atoms with E-state index in [0.29, 0.717) is 35.6 Å². The van der Waals surface area contributed by atoms with E-state index in [1.165, 1.54) is 18.5 Å². The molecule has 2 bridgehead atoms. The molecule has 0 saturated carbocycles. The number of ketones is 1. The molecule has 1 unspecified atom stereocenters. The largest absolute Gasteiger partial charge is 0.453 e. The van der Waals surface area contributed by atoms with Crippen molar-refractivity contribution in [2.45, 2.75) is 50.6 Å². The molecule has 6 heterocycles. The first-order chi connectivity index (χ1) is 17.5. The third-order valence-corrected chi connectivity index (χ3v) is 7.38. The summed E-state index contributed by atoms with van der Waals surface area (Å²) in [5.41, 5.74) is 10.5. The number of nitrogens with zero attached hydrogens (tertiary/aromatic N) is 6. The van der Waals surface area contributed by atoms with E-state index in [9.17, 15) is 9.59 Å². The zero-order valence-corrected chi connectivity index (χ0v) is 20.0.